The monoisotopic (exact) mass is 428 g/mol. The molecule has 0 rings (SSSR count). The fourth-order valence-electron chi connectivity index (χ4n) is 1.33. The quantitative estimate of drug-likeness (QED) is 0.147. The van der Waals surface area contributed by atoms with Crippen molar-refractivity contribution in [3.05, 3.63) is 24.3 Å². The van der Waals surface area contributed by atoms with E-state index in [9.17, 15) is 28.8 Å². The maximum absolute atomic E-state index is 10.8. The number of rotatable bonds is 12. The molecule has 0 aromatic heterocycles. The van der Waals surface area contributed by atoms with E-state index in [2.05, 4.69) is 32.1 Å². The van der Waals surface area contributed by atoms with Crippen LogP contribution in [0.5, 0.6) is 0 Å². The minimum Gasteiger partial charge on any atom is -0.462 e. The zero-order chi connectivity index (χ0) is 23.7. The standard InChI is InChI=1S/2C10H14O5/c2*1-7(2)10(13)15-5-4-14-9(12)6-8(3)11/h2*1,4-6H2,2-3H3. The first-order valence-corrected chi connectivity index (χ1v) is 8.82. The predicted octanol–water partition coefficient (Wildman–Crippen LogP) is 1.26. The van der Waals surface area contributed by atoms with Crippen molar-refractivity contribution in [3.63, 3.8) is 0 Å². The fourth-order valence-corrected chi connectivity index (χ4v) is 1.33. The van der Waals surface area contributed by atoms with Gasteiger partial charge in [-0.15, -0.1) is 0 Å². The van der Waals surface area contributed by atoms with Crippen molar-refractivity contribution in [1.82, 2.24) is 0 Å². The second-order valence-corrected chi connectivity index (χ2v) is 6.03. The summed E-state index contributed by atoms with van der Waals surface area (Å²) < 4.78 is 18.5. The Bertz CT molecular complexity index is 617. The highest BCUT2D eigenvalue weighted by molar-refractivity contribution is 5.94. The summed E-state index contributed by atoms with van der Waals surface area (Å²) in [4.78, 5) is 64.3. The third-order valence-corrected chi connectivity index (χ3v) is 2.64. The molecule has 10 nitrogen and oxygen atoms in total. The molecule has 0 unspecified atom stereocenters. The number of ketones is 2. The summed E-state index contributed by atoms with van der Waals surface area (Å²) in [6, 6.07) is 0. The van der Waals surface area contributed by atoms with E-state index in [1.54, 1.807) is 0 Å². The highest BCUT2D eigenvalue weighted by Gasteiger charge is 2.08. The van der Waals surface area contributed by atoms with Gasteiger partial charge in [-0.3, -0.25) is 19.2 Å². The number of Topliss-reactive ketones (excluding diaryl/α,β-unsaturated/α-hetero) is 2. The number of carbonyl (C=O) groups is 6. The van der Waals surface area contributed by atoms with Crippen LogP contribution in [0.2, 0.25) is 0 Å². The molecule has 168 valence electrons. The molecule has 10 heteroatoms. The number of hydrogen-bond acceptors (Lipinski definition) is 10. The molecule has 0 radical (unpaired) electrons. The molecule has 0 spiro atoms. The van der Waals surface area contributed by atoms with E-state index >= 15 is 0 Å². The molecule has 0 amide bonds. The summed E-state index contributed by atoms with van der Waals surface area (Å²) in [5.41, 5.74) is 0.565. The van der Waals surface area contributed by atoms with Gasteiger partial charge < -0.3 is 18.9 Å². The Morgan fingerprint density at radius 2 is 0.800 bits per heavy atom. The molecule has 0 aromatic rings. The topological polar surface area (TPSA) is 139 Å². The fraction of sp³-hybridized carbons (Fsp3) is 0.500. The molecule has 0 atom stereocenters. The van der Waals surface area contributed by atoms with Gasteiger partial charge in [-0.25, -0.2) is 9.59 Å². The van der Waals surface area contributed by atoms with Gasteiger partial charge in [-0.2, -0.15) is 0 Å². The van der Waals surface area contributed by atoms with Crippen molar-refractivity contribution in [3.8, 4) is 0 Å². The molecule has 0 aliphatic carbocycles. The van der Waals surface area contributed by atoms with Gasteiger partial charge in [0, 0.05) is 11.1 Å². The van der Waals surface area contributed by atoms with Crippen molar-refractivity contribution in [2.45, 2.75) is 40.5 Å². The molecular weight excluding hydrogens is 400 g/mol. The molecule has 0 saturated heterocycles. The minimum atomic E-state index is -0.617. The van der Waals surface area contributed by atoms with Crippen molar-refractivity contribution in [2.24, 2.45) is 0 Å². The molecule has 0 aliphatic rings. The van der Waals surface area contributed by atoms with Crippen LogP contribution in [0.1, 0.15) is 40.5 Å². The van der Waals surface area contributed by atoms with Crippen molar-refractivity contribution >= 4 is 35.4 Å². The first-order valence-electron chi connectivity index (χ1n) is 8.82. The Balaban J connectivity index is 0. The second-order valence-electron chi connectivity index (χ2n) is 6.03. The average Bonchev–Trinajstić information content (AvgIpc) is 2.61. The van der Waals surface area contributed by atoms with E-state index in [0.29, 0.717) is 0 Å². The van der Waals surface area contributed by atoms with Crippen LogP contribution in [-0.4, -0.2) is 61.9 Å². The SMILES string of the molecule is C=C(C)C(=O)OCCOC(=O)CC(C)=O.C=C(C)C(=O)OCCOC(=O)CC(C)=O. The Hall–Kier alpha value is -3.30. The summed E-state index contributed by atoms with van der Waals surface area (Å²) in [7, 11) is 0. The van der Waals surface area contributed by atoms with Crippen LogP contribution in [-0.2, 0) is 47.7 Å². The second kappa shape index (κ2) is 16.6. The summed E-state index contributed by atoms with van der Waals surface area (Å²) in [5.74, 6) is -2.82. The van der Waals surface area contributed by atoms with Crippen molar-refractivity contribution < 1.29 is 47.7 Å². The maximum atomic E-state index is 10.8. The van der Waals surface area contributed by atoms with E-state index in [1.807, 2.05) is 0 Å². The predicted molar refractivity (Wildman–Crippen MR) is 104 cm³/mol. The summed E-state index contributed by atoms with van der Waals surface area (Å²) in [6.45, 7) is 12.2. The summed E-state index contributed by atoms with van der Waals surface area (Å²) >= 11 is 0. The first-order chi connectivity index (χ1) is 13.9. The Kier molecular flexibility index (Phi) is 16.0. The number of hydrogen-bond donors (Lipinski definition) is 0. The minimum absolute atomic E-state index is 0.0324. The molecule has 0 aliphatic heterocycles. The van der Waals surface area contributed by atoms with Gasteiger partial charge >= 0.3 is 23.9 Å². The van der Waals surface area contributed by atoms with Gasteiger partial charge in [0.25, 0.3) is 0 Å². The Morgan fingerprint density at radius 1 is 0.533 bits per heavy atom. The van der Waals surface area contributed by atoms with Crippen molar-refractivity contribution in [1.29, 1.82) is 0 Å². The normalized spacial score (nSPS) is 9.20. The van der Waals surface area contributed by atoms with Crippen LogP contribution >= 0.6 is 0 Å². The lowest BCUT2D eigenvalue weighted by Crippen LogP contribution is -2.15. The average molecular weight is 428 g/mol. The molecule has 0 aromatic carbocycles. The van der Waals surface area contributed by atoms with Crippen LogP contribution in [0.15, 0.2) is 24.3 Å². The van der Waals surface area contributed by atoms with E-state index < -0.39 is 23.9 Å². The van der Waals surface area contributed by atoms with Crippen LogP contribution in [0.25, 0.3) is 0 Å². The number of esters is 4. The van der Waals surface area contributed by atoms with E-state index in [0.717, 1.165) is 0 Å². The highest BCUT2D eigenvalue weighted by atomic mass is 16.6. The maximum Gasteiger partial charge on any atom is 0.333 e. The van der Waals surface area contributed by atoms with Gasteiger partial charge in [0.2, 0.25) is 0 Å². The third kappa shape index (κ3) is 19.5. The third-order valence-electron chi connectivity index (χ3n) is 2.64. The zero-order valence-electron chi connectivity index (χ0n) is 17.7. The molecule has 0 saturated carbocycles. The van der Waals surface area contributed by atoms with E-state index in [-0.39, 0.29) is 62.0 Å². The first kappa shape index (κ1) is 28.9. The molecule has 0 fully saturated rings. The molecule has 0 bridgehead atoms. The number of carbonyl (C=O) groups excluding carboxylic acids is 6. The smallest absolute Gasteiger partial charge is 0.333 e. The van der Waals surface area contributed by atoms with E-state index in [1.165, 1.54) is 27.7 Å². The van der Waals surface area contributed by atoms with Gasteiger partial charge in [0.15, 0.2) is 0 Å². The van der Waals surface area contributed by atoms with Gasteiger partial charge in [-0.1, -0.05) is 13.2 Å². The van der Waals surface area contributed by atoms with Crippen molar-refractivity contribution in [2.75, 3.05) is 26.4 Å². The van der Waals surface area contributed by atoms with Crippen LogP contribution < -0.4 is 0 Å². The Morgan fingerprint density at radius 3 is 1.03 bits per heavy atom. The zero-order valence-corrected chi connectivity index (χ0v) is 17.7. The molecule has 30 heavy (non-hydrogen) atoms. The van der Waals surface area contributed by atoms with Gasteiger partial charge in [-0.05, 0) is 27.7 Å². The molecule has 0 N–H and O–H groups in total. The largest absolute Gasteiger partial charge is 0.462 e. The van der Waals surface area contributed by atoms with Crippen LogP contribution in [0.3, 0.4) is 0 Å². The Labute approximate surface area is 175 Å². The van der Waals surface area contributed by atoms with Gasteiger partial charge in [0.05, 0.1) is 0 Å². The van der Waals surface area contributed by atoms with Crippen LogP contribution in [0.4, 0.5) is 0 Å². The lowest BCUT2D eigenvalue weighted by atomic mass is 10.3. The lowest BCUT2D eigenvalue weighted by molar-refractivity contribution is -0.151. The van der Waals surface area contributed by atoms with Crippen LogP contribution in [0, 0.1) is 0 Å². The van der Waals surface area contributed by atoms with E-state index in [4.69, 9.17) is 0 Å². The lowest BCUT2D eigenvalue weighted by Gasteiger charge is -2.05. The molecular formula is C20H28O10. The summed E-state index contributed by atoms with van der Waals surface area (Å²) in [6.07, 6.45) is -0.511. The van der Waals surface area contributed by atoms with Gasteiger partial charge in [0.1, 0.15) is 50.8 Å². The molecule has 0 heterocycles. The highest BCUT2D eigenvalue weighted by Crippen LogP contribution is 1.94. The number of ether oxygens (including phenoxy) is 4. The summed E-state index contributed by atoms with van der Waals surface area (Å²) in [5, 5.41) is 0.